The average Bonchev–Trinajstić information content (AvgIpc) is 2.34. The number of carbonyl (C=O) groups is 1. The van der Waals surface area contributed by atoms with Gasteiger partial charge in [-0.1, -0.05) is 0 Å². The van der Waals surface area contributed by atoms with Crippen molar-refractivity contribution in [2.24, 2.45) is 0 Å². The molecule has 8 nitrogen and oxygen atoms in total. The largest absolute Gasteiger partial charge is 0.481 e. The van der Waals surface area contributed by atoms with Crippen LogP contribution in [0.1, 0.15) is 12.0 Å². The summed E-state index contributed by atoms with van der Waals surface area (Å²) in [5, 5.41) is 28.3. The molecule has 0 aliphatic carbocycles. The summed E-state index contributed by atoms with van der Waals surface area (Å²) in [6.07, 6.45) is 1.10. The molecule has 94 valence electrons. The second-order valence-electron chi connectivity index (χ2n) is 3.46. The first-order valence-electron chi connectivity index (χ1n) is 4.93. The van der Waals surface area contributed by atoms with E-state index in [2.05, 4.69) is 4.98 Å². The highest BCUT2D eigenvalue weighted by molar-refractivity contribution is 5.69. The first kappa shape index (κ1) is 13.4. The molecular weight excluding hydrogens is 240 g/mol. The molecule has 0 aliphatic rings. The van der Waals surface area contributed by atoms with Crippen molar-refractivity contribution < 1.29 is 14.8 Å². The number of anilines is 1. The Labute approximate surface area is 102 Å². The van der Waals surface area contributed by atoms with Gasteiger partial charge >= 0.3 is 11.7 Å². The van der Waals surface area contributed by atoms with Crippen molar-refractivity contribution in [1.29, 1.82) is 5.26 Å². The summed E-state index contributed by atoms with van der Waals surface area (Å²) >= 11 is 0. The monoisotopic (exact) mass is 250 g/mol. The van der Waals surface area contributed by atoms with E-state index in [1.54, 1.807) is 6.07 Å². The number of nitrogens with zero attached hydrogens (tertiary/aromatic N) is 4. The molecule has 0 radical (unpaired) electrons. The molecule has 0 aromatic carbocycles. The Morgan fingerprint density at radius 1 is 1.72 bits per heavy atom. The lowest BCUT2D eigenvalue weighted by atomic mass is 10.2. The van der Waals surface area contributed by atoms with Crippen molar-refractivity contribution in [3.05, 3.63) is 27.9 Å². The van der Waals surface area contributed by atoms with Crippen LogP contribution in [0.25, 0.3) is 0 Å². The third kappa shape index (κ3) is 2.91. The van der Waals surface area contributed by atoms with Crippen LogP contribution in [0.15, 0.2) is 12.3 Å². The van der Waals surface area contributed by atoms with E-state index in [1.165, 1.54) is 24.2 Å². The fourth-order valence-electron chi connectivity index (χ4n) is 1.36. The van der Waals surface area contributed by atoms with Crippen LogP contribution in [-0.2, 0) is 4.79 Å². The summed E-state index contributed by atoms with van der Waals surface area (Å²) in [4.78, 5) is 25.8. The normalized spacial score (nSPS) is 9.56. The van der Waals surface area contributed by atoms with Crippen molar-refractivity contribution in [2.75, 3.05) is 18.5 Å². The zero-order valence-electron chi connectivity index (χ0n) is 9.53. The maximum Gasteiger partial charge on any atom is 0.329 e. The fraction of sp³-hybridized carbons (Fsp3) is 0.300. The lowest BCUT2D eigenvalue weighted by molar-refractivity contribution is -0.384. The number of carboxylic acid groups (broad SMARTS) is 1. The molecule has 0 bridgehead atoms. The van der Waals surface area contributed by atoms with E-state index >= 15 is 0 Å². The van der Waals surface area contributed by atoms with Gasteiger partial charge in [0.1, 0.15) is 11.6 Å². The number of rotatable bonds is 5. The fourth-order valence-corrected chi connectivity index (χ4v) is 1.36. The lowest BCUT2D eigenvalue weighted by Crippen LogP contribution is -2.23. The van der Waals surface area contributed by atoms with Crippen LogP contribution >= 0.6 is 0 Å². The van der Waals surface area contributed by atoms with Gasteiger partial charge in [0.25, 0.3) is 0 Å². The van der Waals surface area contributed by atoms with Gasteiger partial charge in [0.15, 0.2) is 0 Å². The number of carboxylic acids is 1. The first-order valence-corrected chi connectivity index (χ1v) is 4.93. The number of nitro groups is 1. The third-order valence-electron chi connectivity index (χ3n) is 2.23. The number of aromatic nitrogens is 1. The van der Waals surface area contributed by atoms with Crippen LogP contribution in [0, 0.1) is 21.4 Å². The molecule has 1 rings (SSSR count). The highest BCUT2D eigenvalue weighted by atomic mass is 16.6. The van der Waals surface area contributed by atoms with E-state index in [9.17, 15) is 14.9 Å². The summed E-state index contributed by atoms with van der Waals surface area (Å²) in [6.45, 7) is 0.0675. The molecule has 0 spiro atoms. The van der Waals surface area contributed by atoms with Crippen LogP contribution in [-0.4, -0.2) is 34.6 Å². The smallest absolute Gasteiger partial charge is 0.329 e. The highest BCUT2D eigenvalue weighted by Crippen LogP contribution is 2.28. The maximum absolute atomic E-state index is 10.9. The van der Waals surface area contributed by atoms with E-state index in [-0.39, 0.29) is 24.3 Å². The quantitative estimate of drug-likeness (QED) is 0.605. The molecule has 18 heavy (non-hydrogen) atoms. The minimum atomic E-state index is -1.01. The Morgan fingerprint density at radius 2 is 2.39 bits per heavy atom. The molecule has 8 heteroatoms. The molecule has 0 unspecified atom stereocenters. The molecule has 1 heterocycles. The van der Waals surface area contributed by atoms with Crippen molar-refractivity contribution in [2.45, 2.75) is 6.42 Å². The van der Waals surface area contributed by atoms with Gasteiger partial charge in [-0.25, -0.2) is 4.98 Å². The van der Waals surface area contributed by atoms with Crippen molar-refractivity contribution in [3.63, 3.8) is 0 Å². The van der Waals surface area contributed by atoms with Crippen molar-refractivity contribution in [1.82, 2.24) is 4.98 Å². The summed E-state index contributed by atoms with van der Waals surface area (Å²) < 4.78 is 0. The second kappa shape index (κ2) is 5.58. The Kier molecular flexibility index (Phi) is 4.15. The molecule has 0 amide bonds. The summed E-state index contributed by atoms with van der Waals surface area (Å²) in [5.74, 6) is -1.03. The number of aliphatic carboxylic acids is 1. The van der Waals surface area contributed by atoms with Gasteiger partial charge < -0.3 is 10.0 Å². The standard InChI is InChI=1S/C10H10N4O4/c1-13(5-3-8(15)16)10-9(14(17)18)7(6-11)2-4-12-10/h2,4H,3,5H2,1H3,(H,15,16). The number of hydrogen-bond donors (Lipinski definition) is 1. The molecule has 1 aromatic heterocycles. The Balaban J connectivity index is 3.12. The molecule has 0 saturated carbocycles. The molecule has 1 N–H and O–H groups in total. The molecule has 0 fully saturated rings. The summed E-state index contributed by atoms with van der Waals surface area (Å²) in [7, 11) is 1.49. The number of nitriles is 1. The Bertz CT molecular complexity index is 523. The predicted molar refractivity (Wildman–Crippen MR) is 61.1 cm³/mol. The van der Waals surface area contributed by atoms with Crippen LogP contribution in [0.2, 0.25) is 0 Å². The van der Waals surface area contributed by atoms with Crippen LogP contribution < -0.4 is 4.90 Å². The van der Waals surface area contributed by atoms with E-state index in [0.717, 1.165) is 0 Å². The number of hydrogen-bond acceptors (Lipinski definition) is 6. The van der Waals surface area contributed by atoms with Crippen LogP contribution in [0.3, 0.4) is 0 Å². The van der Waals surface area contributed by atoms with Gasteiger partial charge in [-0.05, 0) is 6.07 Å². The molecule has 0 aliphatic heterocycles. The van der Waals surface area contributed by atoms with E-state index in [0.29, 0.717) is 0 Å². The predicted octanol–water partition coefficient (Wildman–Crippen LogP) is 0.772. The second-order valence-corrected chi connectivity index (χ2v) is 3.46. The van der Waals surface area contributed by atoms with Gasteiger partial charge in [0.05, 0.1) is 11.3 Å². The average molecular weight is 250 g/mol. The minimum absolute atomic E-state index is 0.0136. The zero-order valence-corrected chi connectivity index (χ0v) is 9.53. The van der Waals surface area contributed by atoms with Gasteiger partial charge in [-0.2, -0.15) is 5.26 Å². The number of pyridine rings is 1. The van der Waals surface area contributed by atoms with Crippen LogP contribution in [0.5, 0.6) is 0 Å². The minimum Gasteiger partial charge on any atom is -0.481 e. The SMILES string of the molecule is CN(CCC(=O)O)c1nccc(C#N)c1[N+](=O)[O-]. The zero-order chi connectivity index (χ0) is 13.7. The summed E-state index contributed by atoms with van der Waals surface area (Å²) in [6, 6.07) is 2.96. The highest BCUT2D eigenvalue weighted by Gasteiger charge is 2.23. The van der Waals surface area contributed by atoms with Crippen molar-refractivity contribution in [3.8, 4) is 6.07 Å². The maximum atomic E-state index is 10.9. The topological polar surface area (TPSA) is 120 Å². The van der Waals surface area contributed by atoms with Gasteiger partial charge in [0, 0.05) is 19.8 Å². The summed E-state index contributed by atoms with van der Waals surface area (Å²) in [5.41, 5.74) is -0.514. The third-order valence-corrected chi connectivity index (χ3v) is 2.23. The molecule has 1 aromatic rings. The van der Waals surface area contributed by atoms with E-state index in [4.69, 9.17) is 10.4 Å². The molecule has 0 saturated heterocycles. The Hall–Kier alpha value is -2.69. The van der Waals surface area contributed by atoms with Crippen LogP contribution in [0.4, 0.5) is 11.5 Å². The van der Waals surface area contributed by atoms with E-state index in [1.807, 2.05) is 0 Å². The van der Waals surface area contributed by atoms with Gasteiger partial charge in [-0.15, -0.1) is 0 Å². The first-order chi connectivity index (χ1) is 8.47. The molecular formula is C10H10N4O4. The van der Waals surface area contributed by atoms with Gasteiger partial charge in [-0.3, -0.25) is 14.9 Å². The van der Waals surface area contributed by atoms with Gasteiger partial charge in [0.2, 0.25) is 5.82 Å². The van der Waals surface area contributed by atoms with Crippen molar-refractivity contribution >= 4 is 17.5 Å². The lowest BCUT2D eigenvalue weighted by Gasteiger charge is -2.16. The Morgan fingerprint density at radius 3 is 2.89 bits per heavy atom. The van der Waals surface area contributed by atoms with E-state index < -0.39 is 16.6 Å². The molecule has 0 atom stereocenters.